The fourth-order valence-electron chi connectivity index (χ4n) is 7.11. The lowest BCUT2D eigenvalue weighted by Crippen LogP contribution is -2.54. The van der Waals surface area contributed by atoms with Crippen molar-refractivity contribution in [2.45, 2.75) is 11.3 Å². The summed E-state index contributed by atoms with van der Waals surface area (Å²) in [5.41, 5.74) is 5.01. The molecule has 218 valence electrons. The predicted molar refractivity (Wildman–Crippen MR) is 162 cm³/mol. The summed E-state index contributed by atoms with van der Waals surface area (Å²) in [4.78, 5) is 53.8. The molecule has 3 amide bonds. The molecular weight excluding hydrogens is 584 g/mol. The zero-order valence-electron chi connectivity index (χ0n) is 23.1. The van der Waals surface area contributed by atoms with Gasteiger partial charge in [0.2, 0.25) is 11.8 Å². The van der Waals surface area contributed by atoms with Gasteiger partial charge >= 0.3 is 0 Å². The number of anilines is 1. The van der Waals surface area contributed by atoms with Gasteiger partial charge < -0.3 is 4.74 Å². The number of nitro benzene ring substituents is 1. The molecule has 1 saturated heterocycles. The minimum absolute atomic E-state index is 0.0277. The van der Waals surface area contributed by atoms with Crippen molar-refractivity contribution < 1.29 is 24.0 Å². The third-order valence-electron chi connectivity index (χ3n) is 8.84. The number of halogens is 1. The number of amides is 3. The van der Waals surface area contributed by atoms with Crippen LogP contribution in [0.15, 0.2) is 96.1 Å². The number of nitrogens with zero attached hydrogens (tertiary/aromatic N) is 3. The lowest BCUT2D eigenvalue weighted by Gasteiger charge is -2.52. The van der Waals surface area contributed by atoms with E-state index in [1.165, 1.54) is 25.3 Å². The van der Waals surface area contributed by atoms with Crippen molar-refractivity contribution >= 4 is 46.9 Å². The molecule has 4 aromatic carbocycles. The van der Waals surface area contributed by atoms with Crippen LogP contribution in [0.1, 0.15) is 38.5 Å². The molecule has 0 aromatic heterocycles. The molecule has 10 nitrogen and oxygen atoms in total. The van der Waals surface area contributed by atoms with E-state index < -0.39 is 45.8 Å². The van der Waals surface area contributed by atoms with Gasteiger partial charge in [-0.05, 0) is 52.6 Å². The fourth-order valence-corrected chi connectivity index (χ4v) is 7.24. The van der Waals surface area contributed by atoms with Crippen LogP contribution in [0.2, 0.25) is 5.02 Å². The maximum absolute atomic E-state index is 14.6. The molecule has 4 aliphatic rings. The summed E-state index contributed by atoms with van der Waals surface area (Å²) in [6.45, 7) is 0. The minimum atomic E-state index is -1.21. The lowest BCUT2D eigenvalue weighted by molar-refractivity contribution is -0.384. The average molecular weight is 607 g/mol. The highest BCUT2D eigenvalue weighted by atomic mass is 35.5. The molecule has 0 spiro atoms. The molecule has 2 bridgehead atoms. The largest absolute Gasteiger partial charge is 0.494 e. The van der Waals surface area contributed by atoms with Crippen LogP contribution in [-0.4, -0.2) is 36.0 Å². The number of imide groups is 1. The Kier molecular flexibility index (Phi) is 6.33. The number of carbonyl (C=O) groups is 3. The number of methoxy groups -OCH3 is 1. The van der Waals surface area contributed by atoms with E-state index in [0.29, 0.717) is 10.6 Å². The van der Waals surface area contributed by atoms with Crippen LogP contribution < -0.4 is 15.1 Å². The number of non-ortho nitro benzene ring substituents is 1. The molecule has 4 aromatic rings. The Hall–Kier alpha value is -5.35. The quantitative estimate of drug-likeness (QED) is 0.138. The van der Waals surface area contributed by atoms with E-state index in [2.05, 4.69) is 10.5 Å². The first-order valence-corrected chi connectivity index (χ1v) is 14.1. The first-order valence-electron chi connectivity index (χ1n) is 13.8. The Bertz CT molecular complexity index is 1880. The number of carbonyl (C=O) groups excluding carboxylic acids is 3. The summed E-state index contributed by atoms with van der Waals surface area (Å²) >= 11 is 5.97. The van der Waals surface area contributed by atoms with Crippen LogP contribution in [0, 0.1) is 22.0 Å². The van der Waals surface area contributed by atoms with Crippen LogP contribution in [0.4, 0.5) is 11.4 Å². The monoisotopic (exact) mass is 606 g/mol. The molecule has 2 atom stereocenters. The Morgan fingerprint density at radius 3 is 2.23 bits per heavy atom. The van der Waals surface area contributed by atoms with Gasteiger partial charge in [-0.1, -0.05) is 60.1 Å². The Morgan fingerprint density at radius 1 is 0.977 bits per heavy atom. The van der Waals surface area contributed by atoms with E-state index in [9.17, 15) is 24.5 Å². The number of hydrogen-bond donors (Lipinski definition) is 1. The summed E-state index contributed by atoms with van der Waals surface area (Å²) in [6, 6.07) is 25.4. The van der Waals surface area contributed by atoms with Crippen LogP contribution >= 0.6 is 11.6 Å². The number of rotatable bonds is 6. The summed E-state index contributed by atoms with van der Waals surface area (Å²) in [6.07, 6.45) is 1.56. The van der Waals surface area contributed by atoms with Gasteiger partial charge in [-0.15, -0.1) is 0 Å². The third kappa shape index (κ3) is 3.80. The molecule has 0 saturated carbocycles. The second-order valence-corrected chi connectivity index (χ2v) is 11.3. The fraction of sp³-hybridized carbons (Fsp3) is 0.152. The second-order valence-electron chi connectivity index (χ2n) is 10.9. The molecule has 0 unspecified atom stereocenters. The molecule has 0 radical (unpaired) electrons. The second kappa shape index (κ2) is 10.1. The van der Waals surface area contributed by atoms with Crippen molar-refractivity contribution in [3.63, 3.8) is 0 Å². The summed E-state index contributed by atoms with van der Waals surface area (Å²) < 4.78 is 5.42. The van der Waals surface area contributed by atoms with Crippen molar-refractivity contribution in [1.82, 2.24) is 5.43 Å². The van der Waals surface area contributed by atoms with Gasteiger partial charge in [0.1, 0.15) is 5.75 Å². The van der Waals surface area contributed by atoms with Gasteiger partial charge in [-0.2, -0.15) is 5.10 Å². The molecule has 1 aliphatic heterocycles. The summed E-state index contributed by atoms with van der Waals surface area (Å²) in [7, 11) is 1.33. The number of benzene rings is 4. The minimum Gasteiger partial charge on any atom is -0.494 e. The van der Waals surface area contributed by atoms with Crippen molar-refractivity contribution in [2.24, 2.45) is 16.9 Å². The van der Waals surface area contributed by atoms with Crippen LogP contribution in [0.25, 0.3) is 0 Å². The van der Waals surface area contributed by atoms with Gasteiger partial charge in [-0.3, -0.25) is 24.5 Å². The van der Waals surface area contributed by atoms with E-state index in [-0.39, 0.29) is 17.1 Å². The SMILES string of the molecule is COc1cc([N+](=O)[O-])ccc1N1C(=O)[C@@H]2C3c4ccccc4C(/C=N/NC(=O)c4ccc(Cl)cc4)(c4ccccc43)[C@H]2C1=O. The number of ether oxygens (including phenoxy) is 1. The van der Waals surface area contributed by atoms with Gasteiger partial charge in [0.05, 0.1) is 41.0 Å². The number of nitro groups is 1. The number of nitrogens with one attached hydrogen (secondary N) is 1. The normalized spacial score (nSPS) is 22.9. The van der Waals surface area contributed by atoms with Crippen molar-refractivity contribution in [1.29, 1.82) is 0 Å². The van der Waals surface area contributed by atoms with Gasteiger partial charge in [0.25, 0.3) is 11.6 Å². The molecule has 11 heteroatoms. The van der Waals surface area contributed by atoms with E-state index in [1.807, 2.05) is 48.5 Å². The average Bonchev–Trinajstić information content (AvgIpc) is 3.31. The van der Waals surface area contributed by atoms with Gasteiger partial charge in [-0.25, -0.2) is 10.3 Å². The van der Waals surface area contributed by atoms with Crippen LogP contribution in [-0.2, 0) is 15.0 Å². The van der Waals surface area contributed by atoms with Crippen LogP contribution in [0.5, 0.6) is 5.75 Å². The third-order valence-corrected chi connectivity index (χ3v) is 9.09. The molecule has 3 aliphatic carbocycles. The molecular formula is C33H23ClN4O6. The lowest BCUT2D eigenvalue weighted by atomic mass is 9.47. The number of hydrogen-bond acceptors (Lipinski definition) is 7. The van der Waals surface area contributed by atoms with Crippen molar-refractivity contribution in [2.75, 3.05) is 12.0 Å². The first-order chi connectivity index (χ1) is 21.3. The van der Waals surface area contributed by atoms with E-state index in [4.69, 9.17) is 16.3 Å². The molecule has 44 heavy (non-hydrogen) atoms. The maximum atomic E-state index is 14.6. The highest BCUT2D eigenvalue weighted by Gasteiger charge is 2.68. The van der Waals surface area contributed by atoms with Gasteiger partial charge in [0.15, 0.2) is 0 Å². The van der Waals surface area contributed by atoms with E-state index >= 15 is 0 Å². The summed E-state index contributed by atoms with van der Waals surface area (Å²) in [5.74, 6) is -3.51. The van der Waals surface area contributed by atoms with E-state index in [1.54, 1.807) is 30.5 Å². The Labute approximate surface area is 256 Å². The van der Waals surface area contributed by atoms with Crippen molar-refractivity contribution in [3.8, 4) is 5.75 Å². The summed E-state index contributed by atoms with van der Waals surface area (Å²) in [5, 5.41) is 16.3. The van der Waals surface area contributed by atoms with E-state index in [0.717, 1.165) is 27.2 Å². The predicted octanol–water partition coefficient (Wildman–Crippen LogP) is 5.22. The van der Waals surface area contributed by atoms with Crippen molar-refractivity contribution in [3.05, 3.63) is 134 Å². The zero-order chi connectivity index (χ0) is 30.7. The smallest absolute Gasteiger partial charge is 0.273 e. The highest BCUT2D eigenvalue weighted by molar-refractivity contribution is 6.30. The molecule has 1 heterocycles. The first kappa shape index (κ1) is 27.5. The van der Waals surface area contributed by atoms with Gasteiger partial charge in [0, 0.05) is 28.8 Å². The Balaban J connectivity index is 1.39. The zero-order valence-corrected chi connectivity index (χ0v) is 23.9. The standard InChI is InChI=1S/C33H23ClN4O6/c1-44-26-16-20(38(42)43)14-15-25(26)37-31(40)28-27-21-6-2-4-8-23(21)33(29(28)32(37)41,24-9-5-3-7-22(24)27)17-35-36-30(39)18-10-12-19(34)13-11-18/h2-17,27-29H,1H3,(H,36,39)/b35-17+/t27?,28-,29-,33?/m1/s1. The molecule has 8 rings (SSSR count). The molecule has 1 N–H and O–H groups in total. The molecule has 1 fully saturated rings. The Morgan fingerprint density at radius 2 is 1.61 bits per heavy atom. The number of hydrazone groups is 1. The maximum Gasteiger partial charge on any atom is 0.273 e. The topological polar surface area (TPSA) is 131 Å². The van der Waals surface area contributed by atoms with Crippen LogP contribution in [0.3, 0.4) is 0 Å². The highest BCUT2D eigenvalue weighted by Crippen LogP contribution is 2.64.